The Morgan fingerprint density at radius 1 is 0.500 bits per heavy atom. The van der Waals surface area contributed by atoms with Crippen molar-refractivity contribution in [3.63, 3.8) is 0 Å². The monoisotopic (exact) mass is 726 g/mol. The molecule has 272 valence electrons. The number of aliphatic hydroxyl groups is 2. The molecule has 0 bridgehead atoms. The van der Waals surface area contributed by atoms with Gasteiger partial charge in [-0.3, -0.25) is 0 Å². The van der Waals surface area contributed by atoms with Crippen LogP contribution in [0, 0.1) is 13.8 Å². The second-order valence-corrected chi connectivity index (χ2v) is 17.0. The van der Waals surface area contributed by atoms with Gasteiger partial charge in [-0.05, 0) is 74.2 Å². The minimum absolute atomic E-state index is 0.241. The molecule has 0 heterocycles. The summed E-state index contributed by atoms with van der Waals surface area (Å²) in [5.74, 6) is 1.45. The van der Waals surface area contributed by atoms with Gasteiger partial charge in [0.25, 0.3) is 0 Å². The summed E-state index contributed by atoms with van der Waals surface area (Å²) >= 11 is 0. The number of sulfonamides is 2. The molecule has 0 saturated heterocycles. The number of benzene rings is 4. The Balaban J connectivity index is 0.000000270. The third-order valence-corrected chi connectivity index (χ3v) is 12.5. The largest absolute Gasteiger partial charge is 0.497 e. The quantitative estimate of drug-likeness (QED) is 0.156. The van der Waals surface area contributed by atoms with Crippen molar-refractivity contribution >= 4 is 20.0 Å². The molecule has 0 radical (unpaired) electrons. The van der Waals surface area contributed by atoms with Gasteiger partial charge in [0.2, 0.25) is 20.0 Å². The molecule has 0 aliphatic carbocycles. The fourth-order valence-electron chi connectivity index (χ4n) is 4.83. The lowest BCUT2D eigenvalue weighted by molar-refractivity contribution is 0.286. The summed E-state index contributed by atoms with van der Waals surface area (Å²) in [7, 11) is -4.06. The first-order valence-electron chi connectivity index (χ1n) is 16.3. The van der Waals surface area contributed by atoms with Crippen LogP contribution in [0.25, 0.3) is 0 Å². The zero-order valence-corrected chi connectivity index (χ0v) is 31.3. The van der Waals surface area contributed by atoms with E-state index in [-0.39, 0.29) is 26.2 Å². The molecule has 0 aliphatic heterocycles. The molecule has 50 heavy (non-hydrogen) atoms. The molecule has 0 aliphatic rings. The van der Waals surface area contributed by atoms with Crippen molar-refractivity contribution in [1.29, 1.82) is 0 Å². The lowest BCUT2D eigenvalue weighted by Crippen LogP contribution is -2.38. The van der Waals surface area contributed by atoms with E-state index in [1.54, 1.807) is 14.2 Å². The van der Waals surface area contributed by atoms with E-state index in [0.29, 0.717) is 0 Å². The van der Waals surface area contributed by atoms with Crippen molar-refractivity contribution in [2.75, 3.05) is 27.4 Å². The highest BCUT2D eigenvalue weighted by Gasteiger charge is 2.30. The summed E-state index contributed by atoms with van der Waals surface area (Å²) in [6.07, 6.45) is 0. The van der Waals surface area contributed by atoms with Crippen LogP contribution in [-0.4, -0.2) is 73.6 Å². The Kier molecular flexibility index (Phi) is 15.4. The summed E-state index contributed by atoms with van der Waals surface area (Å²) in [5.41, 5.74) is 5.79. The van der Waals surface area contributed by atoms with Crippen LogP contribution in [-0.2, 0) is 46.2 Å². The highest BCUT2D eigenvalue weighted by atomic mass is 32.2. The summed E-state index contributed by atoms with van der Waals surface area (Å²) < 4.78 is 64.3. The highest BCUT2D eigenvalue weighted by Crippen LogP contribution is 2.22. The molecule has 10 nitrogen and oxygen atoms in total. The molecule has 0 fully saturated rings. The van der Waals surface area contributed by atoms with E-state index in [0.717, 1.165) is 44.9 Å². The summed E-state index contributed by atoms with van der Waals surface area (Å²) in [5, 5.41) is 17.0. The first kappa shape index (κ1) is 40.6. The third kappa shape index (κ3) is 11.6. The fourth-order valence-corrected chi connectivity index (χ4v) is 7.54. The van der Waals surface area contributed by atoms with Crippen LogP contribution in [0.3, 0.4) is 0 Å². The Hall–Kier alpha value is -3.78. The second-order valence-electron chi connectivity index (χ2n) is 12.3. The molecular formula is C38H50N2O8S2. The molecular weight excluding hydrogens is 677 g/mol. The highest BCUT2D eigenvalue weighted by molar-refractivity contribution is 7.90. The van der Waals surface area contributed by atoms with E-state index >= 15 is 0 Å². The van der Waals surface area contributed by atoms with Crippen LogP contribution >= 0.6 is 0 Å². The van der Waals surface area contributed by atoms with Gasteiger partial charge in [-0.1, -0.05) is 83.9 Å². The normalized spacial score (nSPS) is 13.0. The lowest BCUT2D eigenvalue weighted by atomic mass is 10.1. The van der Waals surface area contributed by atoms with Crippen molar-refractivity contribution in [1.82, 2.24) is 8.61 Å². The number of methoxy groups -OCH3 is 2. The number of aliphatic hydroxyl groups excluding tert-OH is 2. The topological polar surface area (TPSA) is 134 Å². The first-order valence-corrected chi connectivity index (χ1v) is 19.3. The Bertz CT molecular complexity index is 1680. The minimum atomic E-state index is -3.62. The Morgan fingerprint density at radius 2 is 0.740 bits per heavy atom. The van der Waals surface area contributed by atoms with Gasteiger partial charge in [-0.15, -0.1) is 0 Å². The summed E-state index contributed by atoms with van der Waals surface area (Å²) in [4.78, 5) is 0. The van der Waals surface area contributed by atoms with Crippen LogP contribution < -0.4 is 9.47 Å². The predicted molar refractivity (Wildman–Crippen MR) is 198 cm³/mol. The van der Waals surface area contributed by atoms with E-state index in [2.05, 4.69) is 0 Å². The van der Waals surface area contributed by atoms with Gasteiger partial charge in [0.15, 0.2) is 0 Å². The van der Waals surface area contributed by atoms with Crippen molar-refractivity contribution in [2.24, 2.45) is 0 Å². The Labute approximate surface area is 298 Å². The molecule has 0 saturated carbocycles. The maximum Gasteiger partial charge on any atom is 0.219 e. The molecule has 0 amide bonds. The Morgan fingerprint density at radius 3 is 0.960 bits per heavy atom. The third-order valence-electron chi connectivity index (χ3n) is 8.25. The van der Waals surface area contributed by atoms with E-state index in [9.17, 15) is 27.0 Å². The number of ether oxygens (including phenoxy) is 2. The first-order chi connectivity index (χ1) is 23.7. The standard InChI is InChI=1S/2C19H25NO4S/c2*1-15-4-6-17(7-5-15)12-20(25(22,23)16(2)14-21)13-18-8-10-19(24-3)11-9-18/h2*4-11,16,21H,12-14H2,1-3H3/t2*16-/m10/s1. The lowest BCUT2D eigenvalue weighted by Gasteiger charge is -2.25. The molecule has 4 aromatic rings. The second kappa shape index (κ2) is 19.0. The summed E-state index contributed by atoms with van der Waals surface area (Å²) in [6.45, 7) is 7.21. The van der Waals surface area contributed by atoms with Crippen LogP contribution in [0.1, 0.15) is 47.2 Å². The number of hydrogen-bond donors (Lipinski definition) is 2. The van der Waals surface area contributed by atoms with E-state index in [1.165, 1.54) is 22.5 Å². The zero-order valence-electron chi connectivity index (χ0n) is 29.7. The fraction of sp³-hybridized carbons (Fsp3) is 0.368. The molecule has 2 atom stereocenters. The van der Waals surface area contributed by atoms with Gasteiger partial charge in [-0.2, -0.15) is 8.61 Å². The molecule has 0 aromatic heterocycles. The van der Waals surface area contributed by atoms with Gasteiger partial charge < -0.3 is 19.7 Å². The van der Waals surface area contributed by atoms with Crippen LogP contribution in [0.5, 0.6) is 11.5 Å². The number of hydrogen-bond acceptors (Lipinski definition) is 8. The molecule has 0 spiro atoms. The van der Waals surface area contributed by atoms with Crippen LogP contribution in [0.2, 0.25) is 0 Å². The molecule has 12 heteroatoms. The van der Waals surface area contributed by atoms with E-state index in [1.807, 2.05) is 111 Å². The average molecular weight is 727 g/mol. The smallest absolute Gasteiger partial charge is 0.219 e. The number of nitrogens with zero attached hydrogens (tertiary/aromatic N) is 2. The zero-order chi connectivity index (χ0) is 36.9. The van der Waals surface area contributed by atoms with Crippen molar-refractivity contribution < 1.29 is 36.5 Å². The summed E-state index contributed by atoms with van der Waals surface area (Å²) in [6, 6.07) is 30.2. The van der Waals surface area contributed by atoms with Gasteiger partial charge >= 0.3 is 0 Å². The SMILES string of the molecule is COc1ccc(CN(Cc2ccc(C)cc2)S(=O)(=O)[C@@H](C)CO)cc1.COc1ccc(CN(Cc2ccc(C)cc2)S(=O)(=O)[C@H](C)CO)cc1. The van der Waals surface area contributed by atoms with Crippen LogP contribution in [0.4, 0.5) is 0 Å². The number of rotatable bonds is 16. The molecule has 4 rings (SSSR count). The number of aryl methyl sites for hydroxylation is 2. The molecule has 2 N–H and O–H groups in total. The van der Waals surface area contributed by atoms with Gasteiger partial charge in [0, 0.05) is 26.2 Å². The van der Waals surface area contributed by atoms with Crippen molar-refractivity contribution in [3.05, 3.63) is 130 Å². The maximum atomic E-state index is 12.8. The minimum Gasteiger partial charge on any atom is -0.497 e. The van der Waals surface area contributed by atoms with E-state index in [4.69, 9.17) is 9.47 Å². The maximum absolute atomic E-state index is 12.8. The van der Waals surface area contributed by atoms with Crippen molar-refractivity contribution in [3.8, 4) is 11.5 Å². The predicted octanol–water partition coefficient (Wildman–Crippen LogP) is 5.43. The average Bonchev–Trinajstić information content (AvgIpc) is 3.12. The van der Waals surface area contributed by atoms with E-state index < -0.39 is 43.8 Å². The van der Waals surface area contributed by atoms with Gasteiger partial charge in [-0.25, -0.2) is 16.8 Å². The van der Waals surface area contributed by atoms with Gasteiger partial charge in [0.1, 0.15) is 11.5 Å². The molecule has 0 unspecified atom stereocenters. The van der Waals surface area contributed by atoms with Crippen molar-refractivity contribution in [2.45, 2.75) is 64.4 Å². The van der Waals surface area contributed by atoms with Crippen LogP contribution in [0.15, 0.2) is 97.1 Å². The molecule has 4 aromatic carbocycles. The van der Waals surface area contributed by atoms with Gasteiger partial charge in [0.05, 0.1) is 37.9 Å².